The Kier molecular flexibility index (Phi) is 5.91. The van der Waals surface area contributed by atoms with Gasteiger partial charge in [-0.1, -0.05) is 23.2 Å². The highest BCUT2D eigenvalue weighted by Crippen LogP contribution is 2.45. The summed E-state index contributed by atoms with van der Waals surface area (Å²) in [5.74, 6) is -1.19. The van der Waals surface area contributed by atoms with Crippen LogP contribution < -0.4 is 5.32 Å². The van der Waals surface area contributed by atoms with Crippen LogP contribution in [0.1, 0.15) is 23.1 Å². The largest absolute Gasteiger partial charge is 0.374 e. The van der Waals surface area contributed by atoms with E-state index < -0.39 is 11.6 Å². The Morgan fingerprint density at radius 3 is 2.39 bits per heavy atom. The Bertz CT molecular complexity index is 853. The van der Waals surface area contributed by atoms with Gasteiger partial charge in [0.2, 0.25) is 0 Å². The molecule has 0 bridgehead atoms. The molecule has 1 N–H and O–H groups in total. The van der Waals surface area contributed by atoms with Crippen molar-refractivity contribution in [3.8, 4) is 0 Å². The molecule has 0 aromatic heterocycles. The molecule has 1 atom stereocenters. The smallest absolute Gasteiger partial charge is 0.126 e. The second kappa shape index (κ2) is 8.25. The lowest BCUT2D eigenvalue weighted by Crippen LogP contribution is -2.55. The molecule has 28 heavy (non-hydrogen) atoms. The first-order valence-electron chi connectivity index (χ1n) is 9.45. The Labute approximate surface area is 173 Å². The summed E-state index contributed by atoms with van der Waals surface area (Å²) < 4.78 is 33.0. The van der Waals surface area contributed by atoms with Gasteiger partial charge in [-0.15, -0.1) is 0 Å². The van der Waals surface area contributed by atoms with Gasteiger partial charge in [0, 0.05) is 32.2 Å². The van der Waals surface area contributed by atoms with Crippen LogP contribution in [0.3, 0.4) is 0 Å². The molecule has 1 aliphatic carbocycles. The minimum absolute atomic E-state index is 0.152. The van der Waals surface area contributed by atoms with Crippen molar-refractivity contribution in [2.24, 2.45) is 0 Å². The van der Waals surface area contributed by atoms with Crippen molar-refractivity contribution in [1.29, 1.82) is 0 Å². The van der Waals surface area contributed by atoms with Gasteiger partial charge in [0.1, 0.15) is 11.6 Å². The second-order valence-electron chi connectivity index (χ2n) is 7.46. The number of aryl methyl sites for hydroxylation is 1. The van der Waals surface area contributed by atoms with Gasteiger partial charge in [-0.25, -0.2) is 8.78 Å². The molecule has 4 rings (SSSR count). The molecule has 7 heteroatoms. The van der Waals surface area contributed by atoms with Gasteiger partial charge in [-0.05, 0) is 53.8 Å². The molecule has 1 saturated heterocycles. The molecular weight excluding hydrogens is 405 g/mol. The van der Waals surface area contributed by atoms with E-state index in [2.05, 4.69) is 10.2 Å². The minimum Gasteiger partial charge on any atom is -0.374 e. The molecule has 2 aromatic carbocycles. The van der Waals surface area contributed by atoms with Crippen molar-refractivity contribution in [3.63, 3.8) is 0 Å². The van der Waals surface area contributed by atoms with E-state index in [1.807, 2.05) is 12.1 Å². The maximum absolute atomic E-state index is 13.5. The van der Waals surface area contributed by atoms with Gasteiger partial charge in [-0.3, -0.25) is 4.90 Å². The van der Waals surface area contributed by atoms with Crippen molar-refractivity contribution >= 4 is 23.2 Å². The normalized spacial score (nSPS) is 22.4. The van der Waals surface area contributed by atoms with Gasteiger partial charge in [0.25, 0.3) is 0 Å². The Balaban J connectivity index is 1.60. The third kappa shape index (κ3) is 3.91. The van der Waals surface area contributed by atoms with Crippen LogP contribution in [0, 0.1) is 11.6 Å². The van der Waals surface area contributed by atoms with E-state index in [9.17, 15) is 8.78 Å². The fraction of sp³-hybridized carbons (Fsp3) is 0.429. The van der Waals surface area contributed by atoms with Crippen LogP contribution in [0.25, 0.3) is 0 Å². The summed E-state index contributed by atoms with van der Waals surface area (Å²) in [5, 5.41) is 4.48. The maximum Gasteiger partial charge on any atom is 0.126 e. The zero-order chi connectivity index (χ0) is 19.7. The lowest BCUT2D eigenvalue weighted by atomic mass is 9.89. The number of rotatable bonds is 5. The molecule has 0 unspecified atom stereocenters. The number of ether oxygens (including phenoxy) is 1. The van der Waals surface area contributed by atoms with Crippen molar-refractivity contribution in [3.05, 3.63) is 68.7 Å². The lowest BCUT2D eigenvalue weighted by Gasteiger charge is -2.44. The molecule has 2 aromatic rings. The highest BCUT2D eigenvalue weighted by Gasteiger charge is 2.44. The SMILES string of the molecule is Fc1cc(F)cc(COC[C@@]2(N3CCNCC3)CCc3cc(Cl)c(Cl)cc32)c1. The quantitative estimate of drug-likeness (QED) is 0.759. The fourth-order valence-electron chi connectivity index (χ4n) is 4.40. The van der Waals surface area contributed by atoms with Crippen LogP contribution in [0.5, 0.6) is 0 Å². The van der Waals surface area contributed by atoms with Crippen molar-refractivity contribution in [2.45, 2.75) is 25.0 Å². The standard InChI is InChI=1S/C21H22Cl2F2N2O/c22-19-9-15-1-2-21(18(15)11-20(19)23,27-5-3-26-4-6-27)13-28-12-14-7-16(24)10-17(25)8-14/h7-11,26H,1-6,12-13H2/t21-/m0/s1. The van der Waals surface area contributed by atoms with E-state index in [0.29, 0.717) is 22.2 Å². The summed E-state index contributed by atoms with van der Waals surface area (Å²) in [4.78, 5) is 2.44. The van der Waals surface area contributed by atoms with E-state index in [1.165, 1.54) is 17.7 Å². The molecule has 2 aliphatic rings. The van der Waals surface area contributed by atoms with Crippen LogP contribution in [0.2, 0.25) is 10.0 Å². The van der Waals surface area contributed by atoms with Crippen molar-refractivity contribution in [1.82, 2.24) is 10.2 Å². The average molecular weight is 427 g/mol. The zero-order valence-electron chi connectivity index (χ0n) is 15.4. The van der Waals surface area contributed by atoms with Crippen LogP contribution in [0.15, 0.2) is 30.3 Å². The van der Waals surface area contributed by atoms with Crippen LogP contribution in [-0.2, 0) is 23.3 Å². The minimum atomic E-state index is -0.594. The predicted molar refractivity (Wildman–Crippen MR) is 107 cm³/mol. The number of piperazine rings is 1. The first-order chi connectivity index (χ1) is 13.5. The molecule has 1 fully saturated rings. The summed E-state index contributed by atoms with van der Waals surface area (Å²) in [7, 11) is 0. The summed E-state index contributed by atoms with van der Waals surface area (Å²) in [6.45, 7) is 4.20. The second-order valence-corrected chi connectivity index (χ2v) is 8.28. The average Bonchev–Trinajstić information content (AvgIpc) is 3.01. The van der Waals surface area contributed by atoms with Gasteiger partial charge in [0.15, 0.2) is 0 Å². The van der Waals surface area contributed by atoms with Crippen LogP contribution >= 0.6 is 23.2 Å². The number of hydrogen-bond donors (Lipinski definition) is 1. The summed E-state index contributed by atoms with van der Waals surface area (Å²) in [6.07, 6.45) is 1.80. The molecule has 0 spiro atoms. The monoisotopic (exact) mass is 426 g/mol. The molecule has 0 saturated carbocycles. The van der Waals surface area contributed by atoms with Gasteiger partial charge >= 0.3 is 0 Å². The van der Waals surface area contributed by atoms with Crippen molar-refractivity contribution < 1.29 is 13.5 Å². The summed E-state index contributed by atoms with van der Waals surface area (Å²) in [6, 6.07) is 7.38. The summed E-state index contributed by atoms with van der Waals surface area (Å²) in [5.41, 5.74) is 2.51. The van der Waals surface area contributed by atoms with E-state index >= 15 is 0 Å². The van der Waals surface area contributed by atoms with E-state index in [1.54, 1.807) is 0 Å². The van der Waals surface area contributed by atoms with Gasteiger partial charge < -0.3 is 10.1 Å². The molecule has 3 nitrogen and oxygen atoms in total. The summed E-state index contributed by atoms with van der Waals surface area (Å²) >= 11 is 12.6. The predicted octanol–water partition coefficient (Wildman–Crippen LogP) is 4.54. The number of halogens is 4. The number of nitrogens with zero attached hydrogens (tertiary/aromatic N) is 1. The highest BCUT2D eigenvalue weighted by atomic mass is 35.5. The van der Waals surface area contributed by atoms with Crippen molar-refractivity contribution in [2.75, 3.05) is 32.8 Å². The first kappa shape index (κ1) is 20.0. The molecule has 150 valence electrons. The zero-order valence-corrected chi connectivity index (χ0v) is 16.9. The third-order valence-corrected chi connectivity index (χ3v) is 6.43. The van der Waals surface area contributed by atoms with E-state index in [0.717, 1.165) is 50.7 Å². The lowest BCUT2D eigenvalue weighted by molar-refractivity contribution is -0.0241. The van der Waals surface area contributed by atoms with E-state index in [-0.39, 0.29) is 12.1 Å². The third-order valence-electron chi connectivity index (χ3n) is 5.71. The topological polar surface area (TPSA) is 24.5 Å². The number of fused-ring (bicyclic) bond motifs is 1. The first-order valence-corrected chi connectivity index (χ1v) is 10.2. The van der Waals surface area contributed by atoms with E-state index in [4.69, 9.17) is 27.9 Å². The van der Waals surface area contributed by atoms with Gasteiger partial charge in [-0.2, -0.15) is 0 Å². The Hall–Kier alpha value is -1.24. The Morgan fingerprint density at radius 1 is 1.00 bits per heavy atom. The number of benzene rings is 2. The van der Waals surface area contributed by atoms with Crippen LogP contribution in [-0.4, -0.2) is 37.7 Å². The maximum atomic E-state index is 13.5. The molecule has 1 heterocycles. The van der Waals surface area contributed by atoms with Gasteiger partial charge in [0.05, 0.1) is 28.8 Å². The number of nitrogens with one attached hydrogen (secondary N) is 1. The number of hydrogen-bond acceptors (Lipinski definition) is 3. The fourth-order valence-corrected chi connectivity index (χ4v) is 4.75. The molecular formula is C21H22Cl2F2N2O. The Morgan fingerprint density at radius 2 is 1.68 bits per heavy atom. The highest BCUT2D eigenvalue weighted by molar-refractivity contribution is 6.42. The molecule has 0 amide bonds. The molecule has 1 aliphatic heterocycles. The molecule has 0 radical (unpaired) electrons. The van der Waals surface area contributed by atoms with Crippen LogP contribution in [0.4, 0.5) is 8.78 Å².